The van der Waals surface area contributed by atoms with E-state index in [-0.39, 0.29) is 43.1 Å². The van der Waals surface area contributed by atoms with E-state index in [0.717, 1.165) is 12.1 Å². The Hall–Kier alpha value is -2.65. The van der Waals surface area contributed by atoms with Gasteiger partial charge in [0.1, 0.15) is 35.5 Å². The SMILES string of the molecule is C[C@@H]1Cc2c([nH]c3cccc(F)c23)[C@@H](c2c(F)cc(OCCN3CC(CF)C3)cc2F)N1CC(C)(C)F. The molecule has 0 bridgehead atoms. The first-order chi connectivity index (χ1) is 17.6. The molecule has 2 aromatic carbocycles. The number of benzene rings is 2. The molecule has 9 heteroatoms. The van der Waals surface area contributed by atoms with Gasteiger partial charge in [0, 0.05) is 72.4 Å². The van der Waals surface area contributed by atoms with Gasteiger partial charge in [-0.25, -0.2) is 17.6 Å². The van der Waals surface area contributed by atoms with Gasteiger partial charge in [0.05, 0.1) is 12.7 Å². The Morgan fingerprint density at radius 3 is 2.43 bits per heavy atom. The number of hydrogen-bond acceptors (Lipinski definition) is 3. The third-order valence-electron chi connectivity index (χ3n) is 7.39. The second-order valence-electron chi connectivity index (χ2n) is 11.0. The molecule has 1 aromatic heterocycles. The molecule has 1 saturated heterocycles. The minimum atomic E-state index is -1.63. The summed E-state index contributed by atoms with van der Waals surface area (Å²) in [5.74, 6) is -1.95. The van der Waals surface area contributed by atoms with Crippen LogP contribution in [0.2, 0.25) is 0 Å². The molecule has 2 atom stereocenters. The molecule has 2 aliphatic rings. The van der Waals surface area contributed by atoms with Gasteiger partial charge in [-0.2, -0.15) is 0 Å². The lowest BCUT2D eigenvalue weighted by molar-refractivity contribution is 0.0637. The molecule has 1 N–H and O–H groups in total. The summed E-state index contributed by atoms with van der Waals surface area (Å²) >= 11 is 0. The van der Waals surface area contributed by atoms with Crippen LogP contribution >= 0.6 is 0 Å². The third kappa shape index (κ3) is 5.08. The summed E-state index contributed by atoms with van der Waals surface area (Å²) in [4.78, 5) is 6.93. The average Bonchev–Trinajstić information content (AvgIpc) is 3.15. The van der Waals surface area contributed by atoms with Crippen molar-refractivity contribution in [2.24, 2.45) is 5.92 Å². The fourth-order valence-corrected chi connectivity index (χ4v) is 5.72. The van der Waals surface area contributed by atoms with Gasteiger partial charge >= 0.3 is 0 Å². The molecule has 1 fully saturated rings. The van der Waals surface area contributed by atoms with Crippen LogP contribution in [0.15, 0.2) is 30.3 Å². The number of rotatable bonds is 8. The van der Waals surface area contributed by atoms with Crippen LogP contribution in [0, 0.1) is 23.4 Å². The molecule has 0 saturated carbocycles. The Labute approximate surface area is 213 Å². The first-order valence-corrected chi connectivity index (χ1v) is 12.7. The van der Waals surface area contributed by atoms with E-state index >= 15 is 8.78 Å². The van der Waals surface area contributed by atoms with E-state index in [9.17, 15) is 13.2 Å². The van der Waals surface area contributed by atoms with Crippen molar-refractivity contribution in [1.29, 1.82) is 0 Å². The summed E-state index contributed by atoms with van der Waals surface area (Å²) in [5.41, 5.74) is -0.210. The maximum atomic E-state index is 15.6. The van der Waals surface area contributed by atoms with Crippen molar-refractivity contribution in [3.63, 3.8) is 0 Å². The van der Waals surface area contributed by atoms with Crippen LogP contribution in [-0.2, 0) is 6.42 Å². The second-order valence-corrected chi connectivity index (χ2v) is 11.0. The van der Waals surface area contributed by atoms with E-state index in [0.29, 0.717) is 48.2 Å². The normalized spacial score (nSPS) is 21.3. The van der Waals surface area contributed by atoms with Crippen LogP contribution in [0.1, 0.15) is 43.6 Å². The number of nitrogens with zero attached hydrogens (tertiary/aromatic N) is 2. The highest BCUT2D eigenvalue weighted by Gasteiger charge is 2.41. The molecule has 0 radical (unpaired) electrons. The molecule has 37 heavy (non-hydrogen) atoms. The number of alkyl halides is 2. The molecule has 0 aliphatic carbocycles. The molecule has 3 heterocycles. The van der Waals surface area contributed by atoms with Crippen LogP contribution in [0.5, 0.6) is 5.75 Å². The van der Waals surface area contributed by atoms with Crippen LogP contribution in [0.4, 0.5) is 22.0 Å². The Kier molecular flexibility index (Phi) is 6.96. The number of ether oxygens (including phenoxy) is 1. The summed E-state index contributed by atoms with van der Waals surface area (Å²) in [6.45, 7) is 6.34. The standard InChI is InChI=1S/C28H32F5N3O/c1-16-9-19-24-20(30)5-4-6-23(24)34-26(19)27(36(16)15-28(2,3)33)25-21(31)10-18(11-22(25)32)37-8-7-35-13-17(12-29)14-35/h4-6,10-11,16-17,27,34H,7-9,12-15H2,1-3H3/t16-,27-/m1/s1. The monoisotopic (exact) mass is 521 g/mol. The Morgan fingerprint density at radius 2 is 1.78 bits per heavy atom. The number of likely N-dealkylation sites (tertiary alicyclic amines) is 1. The summed E-state index contributed by atoms with van der Waals surface area (Å²) in [6.07, 6.45) is 0.410. The van der Waals surface area contributed by atoms with Gasteiger partial charge in [0.15, 0.2) is 0 Å². The lowest BCUT2D eigenvalue weighted by Gasteiger charge is -2.43. The van der Waals surface area contributed by atoms with Gasteiger partial charge in [0.2, 0.25) is 0 Å². The minimum absolute atomic E-state index is 0.0467. The molecule has 0 unspecified atom stereocenters. The molecule has 0 spiro atoms. The quantitative estimate of drug-likeness (QED) is 0.372. The fourth-order valence-electron chi connectivity index (χ4n) is 5.72. The topological polar surface area (TPSA) is 31.5 Å². The van der Waals surface area contributed by atoms with Gasteiger partial charge in [-0.05, 0) is 44.9 Å². The number of H-pyrrole nitrogens is 1. The maximum absolute atomic E-state index is 15.6. The highest BCUT2D eigenvalue weighted by Crippen LogP contribution is 2.44. The van der Waals surface area contributed by atoms with Crippen molar-refractivity contribution < 1.29 is 26.7 Å². The van der Waals surface area contributed by atoms with Gasteiger partial charge in [-0.15, -0.1) is 0 Å². The van der Waals surface area contributed by atoms with E-state index in [2.05, 4.69) is 4.98 Å². The number of aromatic amines is 1. The summed E-state index contributed by atoms with van der Waals surface area (Å²) in [7, 11) is 0. The third-order valence-corrected chi connectivity index (χ3v) is 7.39. The molecule has 3 aromatic rings. The van der Waals surface area contributed by atoms with Crippen LogP contribution < -0.4 is 4.74 Å². The predicted molar refractivity (Wildman–Crippen MR) is 133 cm³/mol. The molecular formula is C28H32F5N3O. The second kappa shape index (κ2) is 9.91. The largest absolute Gasteiger partial charge is 0.492 e. The maximum Gasteiger partial charge on any atom is 0.135 e. The van der Waals surface area contributed by atoms with E-state index in [1.807, 2.05) is 11.8 Å². The zero-order chi connectivity index (χ0) is 26.5. The van der Waals surface area contributed by atoms with Crippen molar-refractivity contribution in [3.8, 4) is 5.75 Å². The van der Waals surface area contributed by atoms with E-state index < -0.39 is 29.2 Å². The van der Waals surface area contributed by atoms with E-state index in [1.165, 1.54) is 19.9 Å². The Morgan fingerprint density at radius 1 is 1.08 bits per heavy atom. The van der Waals surface area contributed by atoms with Crippen molar-refractivity contribution >= 4 is 10.9 Å². The van der Waals surface area contributed by atoms with Crippen molar-refractivity contribution in [2.75, 3.05) is 39.5 Å². The number of fused-ring (bicyclic) bond motifs is 3. The molecule has 0 amide bonds. The smallest absolute Gasteiger partial charge is 0.135 e. The summed E-state index contributed by atoms with van der Waals surface area (Å²) in [5, 5.41) is 0.398. The van der Waals surface area contributed by atoms with E-state index in [4.69, 9.17) is 4.74 Å². The molecule has 200 valence electrons. The van der Waals surface area contributed by atoms with Crippen molar-refractivity contribution in [1.82, 2.24) is 14.8 Å². The molecule has 5 rings (SSSR count). The van der Waals surface area contributed by atoms with Gasteiger partial charge in [0.25, 0.3) is 0 Å². The Balaban J connectivity index is 1.49. The number of hydrogen-bond donors (Lipinski definition) is 1. The number of nitrogens with one attached hydrogen (secondary N) is 1. The van der Waals surface area contributed by atoms with Crippen LogP contribution in [0.3, 0.4) is 0 Å². The number of halogens is 5. The highest BCUT2D eigenvalue weighted by atomic mass is 19.2. The lowest BCUT2D eigenvalue weighted by Crippen LogP contribution is -2.49. The van der Waals surface area contributed by atoms with Crippen molar-refractivity contribution in [3.05, 3.63) is 64.6 Å². The molecular weight excluding hydrogens is 489 g/mol. The first-order valence-electron chi connectivity index (χ1n) is 12.7. The zero-order valence-corrected chi connectivity index (χ0v) is 21.3. The Bertz CT molecular complexity index is 1260. The van der Waals surface area contributed by atoms with Crippen molar-refractivity contribution in [2.45, 2.75) is 44.9 Å². The zero-order valence-electron chi connectivity index (χ0n) is 21.3. The van der Waals surface area contributed by atoms with Crippen LogP contribution in [-0.4, -0.2) is 66.0 Å². The molecule has 4 nitrogen and oxygen atoms in total. The van der Waals surface area contributed by atoms with Gasteiger partial charge in [-0.3, -0.25) is 14.2 Å². The first kappa shape index (κ1) is 26.0. The van der Waals surface area contributed by atoms with E-state index in [1.54, 1.807) is 17.0 Å². The van der Waals surface area contributed by atoms with Gasteiger partial charge in [-0.1, -0.05) is 6.07 Å². The fraction of sp³-hybridized carbons (Fsp3) is 0.500. The van der Waals surface area contributed by atoms with Crippen LogP contribution in [0.25, 0.3) is 10.9 Å². The minimum Gasteiger partial charge on any atom is -0.492 e. The summed E-state index contributed by atoms with van der Waals surface area (Å²) < 4.78 is 79.2. The lowest BCUT2D eigenvalue weighted by atomic mass is 9.87. The highest BCUT2D eigenvalue weighted by molar-refractivity contribution is 5.86. The average molecular weight is 522 g/mol. The van der Waals surface area contributed by atoms with Gasteiger partial charge < -0.3 is 9.72 Å². The predicted octanol–water partition coefficient (Wildman–Crippen LogP) is 5.95. The number of aromatic nitrogens is 1. The summed E-state index contributed by atoms with van der Waals surface area (Å²) in [6, 6.07) is 5.65. The molecule has 2 aliphatic heterocycles.